The third-order valence-electron chi connectivity index (χ3n) is 1.90. The van der Waals surface area contributed by atoms with Crippen LogP contribution in [0.4, 0.5) is 0 Å². The van der Waals surface area contributed by atoms with Crippen LogP contribution in [0.25, 0.3) is 5.69 Å². The molecule has 1 heterocycles. The van der Waals surface area contributed by atoms with Gasteiger partial charge in [0.2, 0.25) is 0 Å². The summed E-state index contributed by atoms with van der Waals surface area (Å²) in [6, 6.07) is 7.37. The normalized spacial score (nSPS) is 10.3. The van der Waals surface area contributed by atoms with E-state index in [1.165, 1.54) is 0 Å². The van der Waals surface area contributed by atoms with Gasteiger partial charge in [0.15, 0.2) is 5.75 Å². The van der Waals surface area contributed by atoms with Crippen molar-refractivity contribution in [3.63, 3.8) is 0 Å². The molecule has 2 rings (SSSR count). The first kappa shape index (κ1) is 10.0. The lowest BCUT2D eigenvalue weighted by Crippen LogP contribution is -2.06. The Bertz CT molecular complexity index is 438. The van der Waals surface area contributed by atoms with Crippen molar-refractivity contribution in [2.75, 3.05) is 6.73 Å². The van der Waals surface area contributed by atoms with Crippen molar-refractivity contribution in [2.45, 2.75) is 0 Å². The van der Waals surface area contributed by atoms with Crippen LogP contribution >= 0.6 is 11.6 Å². The van der Waals surface area contributed by atoms with Crippen LogP contribution in [0, 0.1) is 0 Å². The molecule has 2 aromatic rings. The van der Waals surface area contributed by atoms with Crippen molar-refractivity contribution < 1.29 is 4.74 Å². The van der Waals surface area contributed by atoms with Crippen molar-refractivity contribution in [3.05, 3.63) is 41.7 Å². The predicted molar refractivity (Wildman–Crippen MR) is 58.3 cm³/mol. The summed E-state index contributed by atoms with van der Waals surface area (Å²) in [5, 5.41) is 4.83. The predicted octanol–water partition coefficient (Wildman–Crippen LogP) is 1.82. The molecule has 4 nitrogen and oxygen atoms in total. The van der Waals surface area contributed by atoms with Crippen molar-refractivity contribution in [2.24, 2.45) is 5.73 Å². The SMILES string of the molecule is NCOc1cnn(-c2ccc(Cl)cc2)c1. The van der Waals surface area contributed by atoms with E-state index in [4.69, 9.17) is 22.1 Å². The molecule has 0 spiro atoms. The molecule has 0 amide bonds. The second kappa shape index (κ2) is 4.33. The molecule has 0 aliphatic rings. The number of halogens is 1. The van der Waals surface area contributed by atoms with Crippen molar-refractivity contribution >= 4 is 11.6 Å². The lowest BCUT2D eigenvalue weighted by Gasteiger charge is -2.00. The molecule has 0 radical (unpaired) electrons. The molecule has 0 bridgehead atoms. The van der Waals surface area contributed by atoms with Gasteiger partial charge in [0.25, 0.3) is 0 Å². The van der Waals surface area contributed by atoms with Gasteiger partial charge in [0, 0.05) is 5.02 Å². The molecule has 0 saturated carbocycles. The fraction of sp³-hybridized carbons (Fsp3) is 0.100. The minimum Gasteiger partial charge on any atom is -0.475 e. The number of aromatic nitrogens is 2. The van der Waals surface area contributed by atoms with E-state index in [1.807, 2.05) is 24.3 Å². The first-order valence-corrected chi connectivity index (χ1v) is 4.81. The fourth-order valence-electron chi connectivity index (χ4n) is 1.21. The zero-order valence-corrected chi connectivity index (χ0v) is 8.69. The lowest BCUT2D eigenvalue weighted by molar-refractivity contribution is 0.329. The summed E-state index contributed by atoms with van der Waals surface area (Å²) in [6.45, 7) is 0.145. The molecule has 2 N–H and O–H groups in total. The number of nitrogens with two attached hydrogens (primary N) is 1. The number of nitrogens with zero attached hydrogens (tertiary/aromatic N) is 2. The van der Waals surface area contributed by atoms with Gasteiger partial charge in [-0.15, -0.1) is 0 Å². The Balaban J connectivity index is 2.25. The summed E-state index contributed by atoms with van der Waals surface area (Å²) >= 11 is 5.78. The monoisotopic (exact) mass is 223 g/mol. The van der Waals surface area contributed by atoms with Gasteiger partial charge >= 0.3 is 0 Å². The number of ether oxygens (including phenoxy) is 1. The summed E-state index contributed by atoms with van der Waals surface area (Å²) < 4.78 is 6.80. The molecular formula is C10H10ClN3O. The molecule has 15 heavy (non-hydrogen) atoms. The second-order valence-electron chi connectivity index (χ2n) is 2.91. The van der Waals surface area contributed by atoms with Gasteiger partial charge in [0.05, 0.1) is 18.1 Å². The minimum atomic E-state index is 0.145. The Labute approximate surface area is 92.2 Å². The zero-order valence-electron chi connectivity index (χ0n) is 7.93. The number of hydrogen-bond acceptors (Lipinski definition) is 3. The van der Waals surface area contributed by atoms with Gasteiger partial charge in [0.1, 0.15) is 6.73 Å². The maximum Gasteiger partial charge on any atom is 0.159 e. The molecule has 5 heteroatoms. The average molecular weight is 224 g/mol. The van der Waals surface area contributed by atoms with Gasteiger partial charge in [-0.3, -0.25) is 5.73 Å². The highest BCUT2D eigenvalue weighted by atomic mass is 35.5. The Morgan fingerprint density at radius 3 is 2.73 bits per heavy atom. The molecule has 1 aromatic heterocycles. The van der Waals surface area contributed by atoms with E-state index in [2.05, 4.69) is 5.10 Å². The van der Waals surface area contributed by atoms with Crippen LogP contribution in [0.2, 0.25) is 5.02 Å². The highest BCUT2D eigenvalue weighted by molar-refractivity contribution is 6.30. The Kier molecular flexibility index (Phi) is 2.89. The molecule has 0 saturated heterocycles. The summed E-state index contributed by atoms with van der Waals surface area (Å²) in [5.41, 5.74) is 6.17. The van der Waals surface area contributed by atoms with Crippen LogP contribution in [0.15, 0.2) is 36.7 Å². The molecule has 0 unspecified atom stereocenters. The van der Waals surface area contributed by atoms with Gasteiger partial charge in [-0.05, 0) is 24.3 Å². The number of hydrogen-bond donors (Lipinski definition) is 1. The van der Waals surface area contributed by atoms with Crippen LogP contribution in [0.5, 0.6) is 5.75 Å². The second-order valence-corrected chi connectivity index (χ2v) is 3.34. The quantitative estimate of drug-likeness (QED) is 0.808. The number of benzene rings is 1. The maximum atomic E-state index is 5.78. The van der Waals surface area contributed by atoms with Crippen molar-refractivity contribution in [3.8, 4) is 11.4 Å². The van der Waals surface area contributed by atoms with Gasteiger partial charge in [-0.2, -0.15) is 5.10 Å². The fourth-order valence-corrected chi connectivity index (χ4v) is 1.34. The van der Waals surface area contributed by atoms with Crippen LogP contribution in [-0.2, 0) is 0 Å². The highest BCUT2D eigenvalue weighted by Gasteiger charge is 2.00. The highest BCUT2D eigenvalue weighted by Crippen LogP contribution is 2.15. The van der Waals surface area contributed by atoms with E-state index in [9.17, 15) is 0 Å². The third-order valence-corrected chi connectivity index (χ3v) is 2.15. The van der Waals surface area contributed by atoms with Crippen LogP contribution in [0.1, 0.15) is 0 Å². The van der Waals surface area contributed by atoms with Crippen LogP contribution in [-0.4, -0.2) is 16.5 Å². The summed E-state index contributed by atoms with van der Waals surface area (Å²) in [5.74, 6) is 0.646. The third kappa shape index (κ3) is 2.29. The maximum absolute atomic E-state index is 5.78. The van der Waals surface area contributed by atoms with E-state index in [-0.39, 0.29) is 6.73 Å². The standard InChI is InChI=1S/C10H10ClN3O/c11-8-1-3-9(4-2-8)14-6-10(5-13-14)15-7-12/h1-6H,7,12H2. The van der Waals surface area contributed by atoms with Crippen LogP contribution in [0.3, 0.4) is 0 Å². The molecular weight excluding hydrogens is 214 g/mol. The lowest BCUT2D eigenvalue weighted by atomic mass is 10.3. The van der Waals surface area contributed by atoms with Gasteiger partial charge in [-0.1, -0.05) is 11.6 Å². The first-order chi connectivity index (χ1) is 7.29. The smallest absolute Gasteiger partial charge is 0.159 e. The van der Waals surface area contributed by atoms with Crippen molar-refractivity contribution in [1.29, 1.82) is 0 Å². The largest absolute Gasteiger partial charge is 0.475 e. The Hall–Kier alpha value is -1.52. The molecule has 0 atom stereocenters. The Morgan fingerprint density at radius 2 is 2.07 bits per heavy atom. The van der Waals surface area contributed by atoms with E-state index < -0.39 is 0 Å². The van der Waals surface area contributed by atoms with E-state index in [1.54, 1.807) is 17.1 Å². The molecule has 78 valence electrons. The van der Waals surface area contributed by atoms with Crippen LogP contribution < -0.4 is 10.5 Å². The average Bonchev–Trinajstić information content (AvgIpc) is 2.68. The van der Waals surface area contributed by atoms with E-state index in [0.717, 1.165) is 5.69 Å². The summed E-state index contributed by atoms with van der Waals surface area (Å²) in [6.07, 6.45) is 3.37. The molecule has 0 aliphatic carbocycles. The first-order valence-electron chi connectivity index (χ1n) is 4.43. The molecule has 0 fully saturated rings. The molecule has 0 aliphatic heterocycles. The topological polar surface area (TPSA) is 53.1 Å². The Morgan fingerprint density at radius 1 is 1.33 bits per heavy atom. The summed E-state index contributed by atoms with van der Waals surface area (Å²) in [7, 11) is 0. The number of rotatable bonds is 3. The zero-order chi connectivity index (χ0) is 10.7. The minimum absolute atomic E-state index is 0.145. The molecule has 1 aromatic carbocycles. The van der Waals surface area contributed by atoms with Gasteiger partial charge in [-0.25, -0.2) is 4.68 Å². The van der Waals surface area contributed by atoms with E-state index >= 15 is 0 Å². The van der Waals surface area contributed by atoms with E-state index in [0.29, 0.717) is 10.8 Å². The van der Waals surface area contributed by atoms with Crippen molar-refractivity contribution in [1.82, 2.24) is 9.78 Å². The summed E-state index contributed by atoms with van der Waals surface area (Å²) in [4.78, 5) is 0. The van der Waals surface area contributed by atoms with Gasteiger partial charge < -0.3 is 4.74 Å².